The number of rotatable bonds is 2. The van der Waals surface area contributed by atoms with Crippen LogP contribution in [0.4, 0.5) is 0 Å². The Morgan fingerprint density at radius 3 is 2.60 bits per heavy atom. The Hall–Kier alpha value is -0.0900. The van der Waals surface area contributed by atoms with Gasteiger partial charge in [0, 0.05) is 6.20 Å². The van der Waals surface area contributed by atoms with E-state index in [0.29, 0.717) is 5.69 Å². The highest BCUT2D eigenvalue weighted by molar-refractivity contribution is 9.24. The lowest BCUT2D eigenvalue weighted by molar-refractivity contribution is 0.111. The van der Waals surface area contributed by atoms with Gasteiger partial charge in [-0.25, -0.2) is 0 Å². The van der Waals surface area contributed by atoms with Gasteiger partial charge in [0.1, 0.15) is 0 Å². The number of halogens is 2. The van der Waals surface area contributed by atoms with Crippen molar-refractivity contribution in [3.8, 4) is 0 Å². The number of alkyl halides is 2. The minimum Gasteiger partial charge on any atom is -0.359 e. The molecule has 54 valence electrons. The third-order valence-electron chi connectivity index (χ3n) is 1.11. The van der Waals surface area contributed by atoms with Crippen molar-refractivity contribution in [3.63, 3.8) is 0 Å². The van der Waals surface area contributed by atoms with Gasteiger partial charge in [0.2, 0.25) is 0 Å². The van der Waals surface area contributed by atoms with Gasteiger partial charge in [-0.1, -0.05) is 31.9 Å². The van der Waals surface area contributed by atoms with Crippen LogP contribution in [-0.4, -0.2) is 11.3 Å². The van der Waals surface area contributed by atoms with Gasteiger partial charge in [-0.05, 0) is 11.6 Å². The molecule has 0 amide bonds. The van der Waals surface area contributed by atoms with Gasteiger partial charge in [0.05, 0.1) is 9.43 Å². The molecule has 0 atom stereocenters. The van der Waals surface area contributed by atoms with Crippen LogP contribution in [-0.2, 0) is 0 Å². The summed E-state index contributed by atoms with van der Waals surface area (Å²) in [4.78, 5) is 13.0. The molecule has 1 heterocycles. The van der Waals surface area contributed by atoms with E-state index in [2.05, 4.69) is 36.8 Å². The molecule has 4 heteroatoms. The van der Waals surface area contributed by atoms with E-state index in [-0.39, 0.29) is 3.74 Å². The summed E-state index contributed by atoms with van der Waals surface area (Å²) in [5.74, 6) is 0. The van der Waals surface area contributed by atoms with Gasteiger partial charge >= 0.3 is 0 Å². The van der Waals surface area contributed by atoms with Gasteiger partial charge in [-0.2, -0.15) is 0 Å². The molecule has 0 aliphatic heterocycles. The second-order valence-corrected chi connectivity index (χ2v) is 4.87. The molecule has 0 bridgehead atoms. The topological polar surface area (TPSA) is 32.9 Å². The fourth-order valence-electron chi connectivity index (χ4n) is 0.624. The fourth-order valence-corrected chi connectivity index (χ4v) is 1.15. The summed E-state index contributed by atoms with van der Waals surface area (Å²) >= 11 is 6.61. The van der Waals surface area contributed by atoms with Crippen molar-refractivity contribution in [1.82, 2.24) is 4.98 Å². The van der Waals surface area contributed by atoms with Gasteiger partial charge in [0.15, 0.2) is 6.29 Å². The van der Waals surface area contributed by atoms with E-state index < -0.39 is 0 Å². The Bertz CT molecular complexity index is 231. The molecule has 1 N–H and O–H groups in total. The first kappa shape index (κ1) is 8.01. The first-order chi connectivity index (χ1) is 4.74. The molecular weight excluding hydrogens is 262 g/mol. The number of carbonyl (C=O) groups excluding carboxylic acids is 1. The average molecular weight is 267 g/mol. The lowest BCUT2D eigenvalue weighted by Crippen LogP contribution is -1.74. The molecule has 0 aromatic carbocycles. The Labute approximate surface area is 75.3 Å². The van der Waals surface area contributed by atoms with Crippen molar-refractivity contribution in [1.29, 1.82) is 0 Å². The minimum atomic E-state index is 0.116. The summed E-state index contributed by atoms with van der Waals surface area (Å²) < 4.78 is 0.116. The predicted molar refractivity (Wildman–Crippen MR) is 46.8 cm³/mol. The van der Waals surface area contributed by atoms with E-state index in [1.165, 1.54) is 0 Å². The van der Waals surface area contributed by atoms with Crippen LogP contribution in [0.15, 0.2) is 12.3 Å². The highest BCUT2D eigenvalue weighted by Crippen LogP contribution is 2.28. The number of nitrogens with one attached hydrogen (secondary N) is 1. The highest BCUT2D eigenvalue weighted by Gasteiger charge is 2.03. The lowest BCUT2D eigenvalue weighted by Gasteiger charge is -1.91. The number of H-pyrrole nitrogens is 1. The predicted octanol–water partition coefficient (Wildman–Crippen LogP) is 2.62. The van der Waals surface area contributed by atoms with E-state index in [1.807, 2.05) is 0 Å². The molecule has 0 radical (unpaired) electrons. The van der Waals surface area contributed by atoms with Crippen molar-refractivity contribution in [2.24, 2.45) is 0 Å². The summed E-state index contributed by atoms with van der Waals surface area (Å²) in [6.45, 7) is 0. The van der Waals surface area contributed by atoms with E-state index in [9.17, 15) is 4.79 Å². The largest absolute Gasteiger partial charge is 0.359 e. The first-order valence-corrected chi connectivity index (χ1v) is 4.49. The molecule has 0 fully saturated rings. The third kappa shape index (κ3) is 1.70. The zero-order valence-electron chi connectivity index (χ0n) is 4.97. The Kier molecular flexibility index (Phi) is 2.68. The zero-order valence-corrected chi connectivity index (χ0v) is 8.15. The van der Waals surface area contributed by atoms with E-state index >= 15 is 0 Å². The number of hydrogen-bond donors (Lipinski definition) is 1. The monoisotopic (exact) mass is 265 g/mol. The van der Waals surface area contributed by atoms with Gasteiger partial charge in [0.25, 0.3) is 0 Å². The van der Waals surface area contributed by atoms with Gasteiger partial charge < -0.3 is 4.98 Å². The summed E-state index contributed by atoms with van der Waals surface area (Å²) in [5.41, 5.74) is 1.61. The van der Waals surface area contributed by atoms with Crippen molar-refractivity contribution in [2.75, 3.05) is 0 Å². The molecule has 0 aliphatic carbocycles. The zero-order chi connectivity index (χ0) is 7.56. The van der Waals surface area contributed by atoms with Crippen molar-refractivity contribution in [3.05, 3.63) is 23.5 Å². The molecule has 1 rings (SSSR count). The summed E-state index contributed by atoms with van der Waals surface area (Å²) in [6.07, 6.45) is 2.56. The fraction of sp³-hybridized carbons (Fsp3) is 0.167. The van der Waals surface area contributed by atoms with Crippen LogP contribution in [0.3, 0.4) is 0 Å². The molecule has 0 unspecified atom stereocenters. The standard InChI is InChI=1S/C6H5Br2NO/c7-6(8)4-1-5(3-10)9-2-4/h1-3,6,9H. The molecule has 2 nitrogen and oxygen atoms in total. The van der Waals surface area contributed by atoms with Gasteiger partial charge in [-0.3, -0.25) is 4.79 Å². The van der Waals surface area contributed by atoms with Crippen LogP contribution in [0.2, 0.25) is 0 Å². The first-order valence-electron chi connectivity index (χ1n) is 2.65. The van der Waals surface area contributed by atoms with E-state index in [0.717, 1.165) is 11.8 Å². The molecule has 0 spiro atoms. The quantitative estimate of drug-likeness (QED) is 0.648. The van der Waals surface area contributed by atoms with Crippen LogP contribution >= 0.6 is 31.9 Å². The molecule has 0 aliphatic rings. The van der Waals surface area contributed by atoms with E-state index in [4.69, 9.17) is 0 Å². The summed E-state index contributed by atoms with van der Waals surface area (Å²) in [7, 11) is 0. The molecule has 10 heavy (non-hydrogen) atoms. The van der Waals surface area contributed by atoms with Crippen molar-refractivity contribution >= 4 is 38.1 Å². The number of carbonyl (C=O) groups is 1. The van der Waals surface area contributed by atoms with Crippen LogP contribution in [0, 0.1) is 0 Å². The minimum absolute atomic E-state index is 0.116. The SMILES string of the molecule is O=Cc1cc(C(Br)Br)c[nH]1. The smallest absolute Gasteiger partial charge is 0.166 e. The summed E-state index contributed by atoms with van der Waals surface area (Å²) in [5, 5.41) is 0. The highest BCUT2D eigenvalue weighted by atomic mass is 79.9. The molecule has 1 aromatic rings. The number of aromatic amines is 1. The molecular formula is C6H5Br2NO. The van der Waals surface area contributed by atoms with Crippen LogP contribution in [0.25, 0.3) is 0 Å². The maximum atomic E-state index is 10.2. The number of hydrogen-bond acceptors (Lipinski definition) is 1. The van der Waals surface area contributed by atoms with Crippen LogP contribution in [0.1, 0.15) is 19.8 Å². The summed E-state index contributed by atoms with van der Waals surface area (Å²) in [6, 6.07) is 1.78. The number of aromatic nitrogens is 1. The lowest BCUT2D eigenvalue weighted by atomic mass is 10.3. The normalized spacial score (nSPS) is 10.3. The third-order valence-corrected chi connectivity index (χ3v) is 2.16. The Balaban J connectivity index is 2.88. The Morgan fingerprint density at radius 1 is 1.60 bits per heavy atom. The van der Waals surface area contributed by atoms with Crippen LogP contribution in [0.5, 0.6) is 0 Å². The van der Waals surface area contributed by atoms with E-state index in [1.54, 1.807) is 12.3 Å². The van der Waals surface area contributed by atoms with Crippen LogP contribution < -0.4 is 0 Å². The maximum Gasteiger partial charge on any atom is 0.166 e. The maximum absolute atomic E-state index is 10.2. The molecule has 0 saturated heterocycles. The second kappa shape index (κ2) is 3.34. The van der Waals surface area contributed by atoms with Crippen molar-refractivity contribution < 1.29 is 4.79 Å². The number of aldehydes is 1. The molecule has 1 aromatic heterocycles. The van der Waals surface area contributed by atoms with Crippen molar-refractivity contribution in [2.45, 2.75) is 3.74 Å². The average Bonchev–Trinajstić information content (AvgIpc) is 2.34. The van der Waals surface area contributed by atoms with Gasteiger partial charge in [-0.15, -0.1) is 0 Å². The molecule has 0 saturated carbocycles. The second-order valence-electron chi connectivity index (χ2n) is 1.81. The Morgan fingerprint density at radius 2 is 2.30 bits per heavy atom.